The zero-order valence-corrected chi connectivity index (χ0v) is 5.37. The molecular weight excluding hydrogens is 136 g/mol. The maximum atomic E-state index is 10.5. The predicted molar refractivity (Wildman–Crippen MR) is 33.4 cm³/mol. The number of carbonyl (C=O) groups is 1. The molecule has 4 N–H and O–H groups in total. The molecule has 0 saturated carbocycles. The maximum absolute atomic E-state index is 10.5. The number of hydrogen-bond acceptors (Lipinski definition) is 3. The third-order valence-corrected chi connectivity index (χ3v) is 1.39. The van der Waals surface area contributed by atoms with Gasteiger partial charge in [-0.15, -0.1) is 0 Å². The first kappa shape index (κ1) is 7.30. The number of β-amino-alcohol motifs (C(OH)–C–C–N with tert-alkyl or cyclic N) is 2. The number of urea groups is 1. The average molecular weight is 146 g/mol. The Kier molecular flexibility index (Phi) is 2.08. The van der Waals surface area contributed by atoms with Gasteiger partial charge in [0.2, 0.25) is 0 Å². The smallest absolute Gasteiger partial charge is 0.314 e. The van der Waals surface area contributed by atoms with Gasteiger partial charge in [-0.3, -0.25) is 0 Å². The van der Waals surface area contributed by atoms with E-state index in [4.69, 9.17) is 10.2 Å². The molecule has 2 atom stereocenters. The third kappa shape index (κ3) is 1.58. The Balaban J connectivity index is 2.46. The van der Waals surface area contributed by atoms with Crippen LogP contribution in [0.4, 0.5) is 4.79 Å². The van der Waals surface area contributed by atoms with E-state index in [1.54, 1.807) is 0 Å². The fourth-order valence-electron chi connectivity index (χ4n) is 0.729. The zero-order chi connectivity index (χ0) is 7.56. The van der Waals surface area contributed by atoms with Crippen LogP contribution in [-0.2, 0) is 0 Å². The summed E-state index contributed by atoms with van der Waals surface area (Å²) in [6.07, 6.45) is -1.72. The molecule has 0 aromatic carbocycles. The Morgan fingerprint density at radius 2 is 1.60 bits per heavy atom. The lowest BCUT2D eigenvalue weighted by atomic mass is 10.2. The van der Waals surface area contributed by atoms with Crippen molar-refractivity contribution in [3.8, 4) is 0 Å². The average Bonchev–Trinajstić information content (AvgIpc) is 2.04. The van der Waals surface area contributed by atoms with Crippen molar-refractivity contribution in [1.82, 2.24) is 10.6 Å². The first-order valence-electron chi connectivity index (χ1n) is 3.08. The van der Waals surface area contributed by atoms with Crippen LogP contribution in [0.5, 0.6) is 0 Å². The third-order valence-electron chi connectivity index (χ3n) is 1.39. The molecular formula is C5H10N2O3. The number of amides is 2. The normalized spacial score (nSPS) is 34.0. The van der Waals surface area contributed by atoms with Crippen LogP contribution in [0.3, 0.4) is 0 Å². The molecule has 0 aliphatic carbocycles. The first-order chi connectivity index (χ1) is 4.70. The molecule has 0 spiro atoms. The van der Waals surface area contributed by atoms with Crippen molar-refractivity contribution in [3.63, 3.8) is 0 Å². The summed E-state index contributed by atoms with van der Waals surface area (Å²) in [6, 6.07) is -0.351. The number of aliphatic hydroxyl groups excluding tert-OH is 2. The SMILES string of the molecule is O=C1NC[C@H](O)[C@@H](O)CN1. The molecule has 5 nitrogen and oxygen atoms in total. The van der Waals surface area contributed by atoms with Crippen LogP contribution in [0.15, 0.2) is 0 Å². The van der Waals surface area contributed by atoms with Gasteiger partial charge in [0.1, 0.15) is 0 Å². The highest BCUT2D eigenvalue weighted by Gasteiger charge is 2.20. The molecule has 58 valence electrons. The minimum Gasteiger partial charge on any atom is -0.389 e. The monoisotopic (exact) mass is 146 g/mol. The molecule has 1 aliphatic rings. The van der Waals surface area contributed by atoms with Gasteiger partial charge in [0.05, 0.1) is 12.2 Å². The van der Waals surface area contributed by atoms with Crippen molar-refractivity contribution in [2.45, 2.75) is 12.2 Å². The van der Waals surface area contributed by atoms with Crippen molar-refractivity contribution in [1.29, 1.82) is 0 Å². The number of carbonyl (C=O) groups excluding carboxylic acids is 1. The van der Waals surface area contributed by atoms with E-state index < -0.39 is 12.2 Å². The molecule has 0 aromatic rings. The second-order valence-corrected chi connectivity index (χ2v) is 2.23. The molecule has 10 heavy (non-hydrogen) atoms. The van der Waals surface area contributed by atoms with Crippen LogP contribution in [0.1, 0.15) is 0 Å². The van der Waals surface area contributed by atoms with Gasteiger partial charge in [0, 0.05) is 13.1 Å². The number of hydrogen-bond donors (Lipinski definition) is 4. The van der Waals surface area contributed by atoms with E-state index in [0.717, 1.165) is 0 Å². The maximum Gasteiger partial charge on any atom is 0.314 e. The minimum atomic E-state index is -0.862. The molecule has 0 radical (unpaired) electrons. The van der Waals surface area contributed by atoms with Crippen molar-refractivity contribution in [2.24, 2.45) is 0 Å². The number of rotatable bonds is 0. The summed E-state index contributed by atoms with van der Waals surface area (Å²) in [6.45, 7) is 0.208. The molecule has 1 rings (SSSR count). The lowest BCUT2D eigenvalue weighted by molar-refractivity contribution is 0.0299. The standard InChI is InChI=1S/C5H10N2O3/c8-3-1-6-5(10)7-2-4(3)9/h3-4,8-9H,1-2H2,(H2,6,7,10)/t3-,4-/m0/s1. The number of aliphatic hydroxyl groups is 2. The summed E-state index contributed by atoms with van der Waals surface area (Å²) in [5.41, 5.74) is 0. The minimum absolute atomic E-state index is 0.104. The van der Waals surface area contributed by atoms with Crippen LogP contribution >= 0.6 is 0 Å². The Bertz CT molecular complexity index is 125. The van der Waals surface area contributed by atoms with Gasteiger partial charge < -0.3 is 20.8 Å². The van der Waals surface area contributed by atoms with Crippen molar-refractivity contribution in [3.05, 3.63) is 0 Å². The van der Waals surface area contributed by atoms with Crippen LogP contribution in [0.25, 0.3) is 0 Å². The second-order valence-electron chi connectivity index (χ2n) is 2.23. The Hall–Kier alpha value is -0.810. The Morgan fingerprint density at radius 3 is 2.00 bits per heavy atom. The van der Waals surface area contributed by atoms with Crippen LogP contribution in [-0.4, -0.2) is 41.5 Å². The van der Waals surface area contributed by atoms with E-state index in [0.29, 0.717) is 0 Å². The van der Waals surface area contributed by atoms with Crippen molar-refractivity contribution >= 4 is 6.03 Å². The summed E-state index contributed by atoms with van der Waals surface area (Å²) < 4.78 is 0. The van der Waals surface area contributed by atoms with Gasteiger partial charge in [-0.05, 0) is 0 Å². The van der Waals surface area contributed by atoms with Gasteiger partial charge >= 0.3 is 6.03 Å². The zero-order valence-electron chi connectivity index (χ0n) is 5.37. The van der Waals surface area contributed by atoms with E-state index in [-0.39, 0.29) is 19.1 Å². The summed E-state index contributed by atoms with van der Waals surface area (Å²) >= 11 is 0. The van der Waals surface area contributed by atoms with Crippen LogP contribution in [0.2, 0.25) is 0 Å². The number of nitrogens with one attached hydrogen (secondary N) is 2. The fraction of sp³-hybridized carbons (Fsp3) is 0.800. The largest absolute Gasteiger partial charge is 0.389 e. The summed E-state index contributed by atoms with van der Waals surface area (Å²) in [5.74, 6) is 0. The van der Waals surface area contributed by atoms with Gasteiger partial charge in [-0.2, -0.15) is 0 Å². The van der Waals surface area contributed by atoms with Crippen molar-refractivity contribution in [2.75, 3.05) is 13.1 Å². The predicted octanol–water partition coefficient (Wildman–Crippen LogP) is -1.98. The van der Waals surface area contributed by atoms with Gasteiger partial charge in [0.15, 0.2) is 0 Å². The van der Waals surface area contributed by atoms with Gasteiger partial charge in [-0.1, -0.05) is 0 Å². The molecule has 1 aliphatic heterocycles. The molecule has 0 bridgehead atoms. The lowest BCUT2D eigenvalue weighted by Gasteiger charge is -2.11. The highest BCUT2D eigenvalue weighted by Crippen LogP contribution is 1.93. The molecule has 1 fully saturated rings. The Morgan fingerprint density at radius 1 is 1.20 bits per heavy atom. The molecule has 5 heteroatoms. The Labute approximate surface area is 58.0 Å². The quantitative estimate of drug-likeness (QED) is 0.320. The molecule has 1 heterocycles. The molecule has 2 amide bonds. The second kappa shape index (κ2) is 2.85. The van der Waals surface area contributed by atoms with Crippen molar-refractivity contribution < 1.29 is 15.0 Å². The van der Waals surface area contributed by atoms with Gasteiger partial charge in [0.25, 0.3) is 0 Å². The highest BCUT2D eigenvalue weighted by molar-refractivity contribution is 5.74. The van der Waals surface area contributed by atoms with E-state index >= 15 is 0 Å². The highest BCUT2D eigenvalue weighted by atomic mass is 16.3. The van der Waals surface area contributed by atoms with E-state index in [9.17, 15) is 4.79 Å². The topological polar surface area (TPSA) is 81.6 Å². The van der Waals surface area contributed by atoms with E-state index in [1.807, 2.05) is 0 Å². The summed E-state index contributed by atoms with van der Waals surface area (Å²) in [4.78, 5) is 10.5. The molecule has 1 saturated heterocycles. The van der Waals surface area contributed by atoms with Crippen LogP contribution < -0.4 is 10.6 Å². The summed E-state index contributed by atoms with van der Waals surface area (Å²) in [5, 5.41) is 22.7. The van der Waals surface area contributed by atoms with Crippen LogP contribution in [0, 0.1) is 0 Å². The van der Waals surface area contributed by atoms with E-state index in [2.05, 4.69) is 10.6 Å². The summed E-state index contributed by atoms with van der Waals surface area (Å²) in [7, 11) is 0. The lowest BCUT2D eigenvalue weighted by Crippen LogP contribution is -2.34. The van der Waals surface area contributed by atoms with E-state index in [1.165, 1.54) is 0 Å². The molecule has 0 unspecified atom stereocenters. The molecule has 0 aromatic heterocycles. The first-order valence-corrected chi connectivity index (χ1v) is 3.08. The van der Waals surface area contributed by atoms with Gasteiger partial charge in [-0.25, -0.2) is 4.79 Å². The fourth-order valence-corrected chi connectivity index (χ4v) is 0.729.